The predicted molar refractivity (Wildman–Crippen MR) is 88.1 cm³/mol. The van der Waals surface area contributed by atoms with Gasteiger partial charge in [0.2, 0.25) is 0 Å². The lowest BCUT2D eigenvalue weighted by Gasteiger charge is -2.07. The monoisotopic (exact) mass is 308 g/mol. The molecule has 3 rings (SSSR count). The summed E-state index contributed by atoms with van der Waals surface area (Å²) in [7, 11) is 0. The van der Waals surface area contributed by atoms with Crippen LogP contribution in [0.3, 0.4) is 0 Å². The van der Waals surface area contributed by atoms with Gasteiger partial charge in [-0.3, -0.25) is 9.59 Å². The van der Waals surface area contributed by atoms with E-state index < -0.39 is 0 Å². The van der Waals surface area contributed by atoms with Crippen molar-refractivity contribution in [3.05, 3.63) is 76.0 Å². The first-order valence-corrected chi connectivity index (χ1v) is 7.17. The van der Waals surface area contributed by atoms with Crippen LogP contribution in [0.25, 0.3) is 5.69 Å². The number of aryl methyl sites for hydroxylation is 2. The molecule has 2 aromatic heterocycles. The Balaban J connectivity index is 1.82. The molecule has 0 aliphatic rings. The average molecular weight is 308 g/mol. The van der Waals surface area contributed by atoms with Gasteiger partial charge in [0.15, 0.2) is 0 Å². The van der Waals surface area contributed by atoms with E-state index in [2.05, 4.69) is 15.4 Å². The van der Waals surface area contributed by atoms with Crippen LogP contribution >= 0.6 is 0 Å². The molecule has 1 aromatic carbocycles. The van der Waals surface area contributed by atoms with Crippen LogP contribution in [0.15, 0.2) is 53.5 Å². The summed E-state index contributed by atoms with van der Waals surface area (Å²) in [5, 5.41) is 7.00. The summed E-state index contributed by atoms with van der Waals surface area (Å²) in [5.41, 5.74) is 3.20. The zero-order valence-corrected chi connectivity index (χ0v) is 12.8. The SMILES string of the molecule is Cc1cc(C)n(-c2ccc(C(=O)Nc3ccc[nH]c3=O)cc2)n1. The summed E-state index contributed by atoms with van der Waals surface area (Å²) in [6, 6.07) is 12.3. The molecule has 0 unspecified atom stereocenters. The number of carbonyl (C=O) groups excluding carboxylic acids is 1. The number of nitrogens with zero attached hydrogens (tertiary/aromatic N) is 2. The Morgan fingerprint density at radius 3 is 2.52 bits per heavy atom. The van der Waals surface area contributed by atoms with Crippen LogP contribution in [-0.4, -0.2) is 20.7 Å². The Bertz CT molecular complexity index is 907. The molecule has 2 N–H and O–H groups in total. The van der Waals surface area contributed by atoms with E-state index in [-0.39, 0.29) is 17.2 Å². The molecule has 0 atom stereocenters. The highest BCUT2D eigenvalue weighted by Crippen LogP contribution is 2.13. The average Bonchev–Trinajstić information content (AvgIpc) is 2.88. The summed E-state index contributed by atoms with van der Waals surface area (Å²) in [4.78, 5) is 26.3. The van der Waals surface area contributed by atoms with Crippen molar-refractivity contribution in [1.29, 1.82) is 0 Å². The molecule has 3 aromatic rings. The van der Waals surface area contributed by atoms with Crippen molar-refractivity contribution in [1.82, 2.24) is 14.8 Å². The molecule has 1 amide bonds. The number of rotatable bonds is 3. The number of benzene rings is 1. The van der Waals surface area contributed by atoms with Crippen molar-refractivity contribution in [3.8, 4) is 5.69 Å². The first kappa shape index (κ1) is 14.8. The van der Waals surface area contributed by atoms with E-state index in [1.807, 2.05) is 36.7 Å². The number of amides is 1. The minimum atomic E-state index is -0.333. The molecule has 2 heterocycles. The summed E-state index contributed by atoms with van der Waals surface area (Å²) in [6.45, 7) is 3.91. The number of carbonyl (C=O) groups is 1. The number of nitrogens with one attached hydrogen (secondary N) is 2. The van der Waals surface area contributed by atoms with Gasteiger partial charge in [-0.25, -0.2) is 4.68 Å². The summed E-state index contributed by atoms with van der Waals surface area (Å²) >= 11 is 0. The summed E-state index contributed by atoms with van der Waals surface area (Å²) in [5.74, 6) is -0.332. The third kappa shape index (κ3) is 3.06. The molecular formula is C17H16N4O2. The molecule has 6 heteroatoms. The van der Waals surface area contributed by atoms with Crippen molar-refractivity contribution in [2.45, 2.75) is 13.8 Å². The molecule has 0 radical (unpaired) electrons. The molecule has 0 fully saturated rings. The fourth-order valence-corrected chi connectivity index (χ4v) is 2.36. The summed E-state index contributed by atoms with van der Waals surface area (Å²) in [6.07, 6.45) is 1.52. The van der Waals surface area contributed by atoms with E-state index in [9.17, 15) is 9.59 Å². The van der Waals surface area contributed by atoms with Gasteiger partial charge in [-0.1, -0.05) is 0 Å². The van der Waals surface area contributed by atoms with Gasteiger partial charge in [-0.2, -0.15) is 5.10 Å². The van der Waals surface area contributed by atoms with Crippen molar-refractivity contribution < 1.29 is 4.79 Å². The fraction of sp³-hybridized carbons (Fsp3) is 0.118. The molecule has 0 bridgehead atoms. The highest BCUT2D eigenvalue weighted by molar-refractivity contribution is 6.04. The third-order valence-electron chi connectivity index (χ3n) is 3.45. The highest BCUT2D eigenvalue weighted by Gasteiger charge is 2.09. The maximum atomic E-state index is 12.2. The van der Waals surface area contributed by atoms with Gasteiger partial charge in [0.25, 0.3) is 11.5 Å². The largest absolute Gasteiger partial charge is 0.327 e. The quantitative estimate of drug-likeness (QED) is 0.780. The van der Waals surface area contributed by atoms with Crippen LogP contribution in [0, 0.1) is 13.8 Å². The second kappa shape index (κ2) is 5.92. The van der Waals surface area contributed by atoms with Gasteiger partial charge < -0.3 is 10.3 Å². The second-order valence-corrected chi connectivity index (χ2v) is 5.25. The minimum absolute atomic E-state index is 0.222. The Morgan fingerprint density at radius 2 is 1.91 bits per heavy atom. The number of hydrogen-bond acceptors (Lipinski definition) is 3. The standard InChI is InChI=1S/C17H16N4O2/c1-11-10-12(2)21(20-11)14-7-5-13(6-8-14)16(22)19-15-4-3-9-18-17(15)23/h3-10H,1-2H3,(H,18,23)(H,19,22). The molecule has 6 nitrogen and oxygen atoms in total. The van der Waals surface area contributed by atoms with Crippen molar-refractivity contribution >= 4 is 11.6 Å². The fourth-order valence-electron chi connectivity index (χ4n) is 2.36. The van der Waals surface area contributed by atoms with Crippen LogP contribution in [0.4, 0.5) is 5.69 Å². The van der Waals surface area contributed by atoms with E-state index in [4.69, 9.17) is 0 Å². The normalized spacial score (nSPS) is 10.5. The van der Waals surface area contributed by atoms with Crippen molar-refractivity contribution in [2.24, 2.45) is 0 Å². The number of aromatic amines is 1. The van der Waals surface area contributed by atoms with Crippen LogP contribution in [0.5, 0.6) is 0 Å². The lowest BCUT2D eigenvalue weighted by Crippen LogP contribution is -2.19. The second-order valence-electron chi connectivity index (χ2n) is 5.25. The van der Waals surface area contributed by atoms with E-state index in [0.717, 1.165) is 17.1 Å². The number of anilines is 1. The van der Waals surface area contributed by atoms with E-state index >= 15 is 0 Å². The van der Waals surface area contributed by atoms with Crippen LogP contribution < -0.4 is 10.9 Å². The molecule has 0 aliphatic heterocycles. The van der Waals surface area contributed by atoms with Crippen LogP contribution in [-0.2, 0) is 0 Å². The summed E-state index contributed by atoms with van der Waals surface area (Å²) < 4.78 is 1.82. The molecule has 0 saturated carbocycles. The lowest BCUT2D eigenvalue weighted by molar-refractivity contribution is 0.102. The van der Waals surface area contributed by atoms with E-state index in [1.54, 1.807) is 24.3 Å². The van der Waals surface area contributed by atoms with Crippen molar-refractivity contribution in [3.63, 3.8) is 0 Å². The Hall–Kier alpha value is -3.15. The number of hydrogen-bond donors (Lipinski definition) is 2. The predicted octanol–water partition coefficient (Wildman–Crippen LogP) is 2.43. The molecule has 116 valence electrons. The Morgan fingerprint density at radius 1 is 1.17 bits per heavy atom. The molecule has 0 saturated heterocycles. The van der Waals surface area contributed by atoms with E-state index in [0.29, 0.717) is 5.56 Å². The van der Waals surface area contributed by atoms with Gasteiger partial charge in [-0.15, -0.1) is 0 Å². The van der Waals surface area contributed by atoms with Gasteiger partial charge in [0, 0.05) is 17.5 Å². The van der Waals surface area contributed by atoms with Crippen LogP contribution in [0.2, 0.25) is 0 Å². The zero-order chi connectivity index (χ0) is 16.4. The third-order valence-corrected chi connectivity index (χ3v) is 3.45. The lowest BCUT2D eigenvalue weighted by atomic mass is 10.2. The van der Waals surface area contributed by atoms with Gasteiger partial charge in [-0.05, 0) is 56.3 Å². The van der Waals surface area contributed by atoms with Gasteiger partial charge in [0.1, 0.15) is 5.69 Å². The minimum Gasteiger partial charge on any atom is -0.327 e. The van der Waals surface area contributed by atoms with Crippen LogP contribution in [0.1, 0.15) is 21.7 Å². The molecule has 0 spiro atoms. The zero-order valence-electron chi connectivity index (χ0n) is 12.8. The van der Waals surface area contributed by atoms with Gasteiger partial charge in [0.05, 0.1) is 11.4 Å². The topological polar surface area (TPSA) is 79.8 Å². The first-order chi connectivity index (χ1) is 11.0. The smallest absolute Gasteiger partial charge is 0.271 e. The van der Waals surface area contributed by atoms with Gasteiger partial charge >= 0.3 is 0 Å². The molecule has 23 heavy (non-hydrogen) atoms. The first-order valence-electron chi connectivity index (χ1n) is 7.17. The van der Waals surface area contributed by atoms with Crippen molar-refractivity contribution in [2.75, 3.05) is 5.32 Å². The van der Waals surface area contributed by atoms with E-state index in [1.165, 1.54) is 6.20 Å². The number of aromatic nitrogens is 3. The Labute approximate surface area is 132 Å². The number of H-pyrrole nitrogens is 1. The highest BCUT2D eigenvalue weighted by atomic mass is 16.2. The maximum Gasteiger partial charge on any atom is 0.271 e. The molecular weight excluding hydrogens is 292 g/mol. The Kier molecular flexibility index (Phi) is 3.80. The maximum absolute atomic E-state index is 12.2. The number of pyridine rings is 1. The molecule has 0 aliphatic carbocycles.